The summed E-state index contributed by atoms with van der Waals surface area (Å²) < 4.78 is 0. The first-order valence-electron chi connectivity index (χ1n) is 8.36. The fourth-order valence-electron chi connectivity index (χ4n) is 4.28. The highest BCUT2D eigenvalue weighted by Crippen LogP contribution is 2.38. The van der Waals surface area contributed by atoms with Gasteiger partial charge in [0.15, 0.2) is 0 Å². The van der Waals surface area contributed by atoms with Gasteiger partial charge in [-0.3, -0.25) is 14.6 Å². The molecular formula is C16H28N2O2. The SMILES string of the molecule is CCCC1(C(=O)O)CCCN(C2CCN(C3CC3)C2)C1. The molecular weight excluding hydrogens is 252 g/mol. The van der Waals surface area contributed by atoms with Crippen LogP contribution < -0.4 is 0 Å². The second-order valence-corrected chi connectivity index (χ2v) is 7.08. The number of carboxylic acid groups (broad SMARTS) is 1. The highest BCUT2D eigenvalue weighted by Gasteiger charge is 2.44. The second kappa shape index (κ2) is 5.64. The molecule has 0 aromatic carbocycles. The summed E-state index contributed by atoms with van der Waals surface area (Å²) in [6, 6.07) is 1.45. The molecule has 2 aliphatic heterocycles. The Morgan fingerprint density at radius 1 is 1.20 bits per heavy atom. The summed E-state index contributed by atoms with van der Waals surface area (Å²) in [4.78, 5) is 16.9. The van der Waals surface area contributed by atoms with E-state index in [1.807, 2.05) is 0 Å². The molecule has 0 amide bonds. The lowest BCUT2D eigenvalue weighted by atomic mass is 9.76. The van der Waals surface area contributed by atoms with Crippen molar-refractivity contribution in [3.05, 3.63) is 0 Å². The van der Waals surface area contributed by atoms with Crippen molar-refractivity contribution in [1.29, 1.82) is 0 Å². The first kappa shape index (κ1) is 14.3. The van der Waals surface area contributed by atoms with E-state index in [4.69, 9.17) is 0 Å². The van der Waals surface area contributed by atoms with Gasteiger partial charge < -0.3 is 5.11 Å². The monoisotopic (exact) mass is 280 g/mol. The Labute approximate surface area is 122 Å². The minimum absolute atomic E-state index is 0.472. The summed E-state index contributed by atoms with van der Waals surface area (Å²) in [5.41, 5.74) is -0.472. The predicted octanol–water partition coefficient (Wildman–Crippen LogP) is 2.19. The molecule has 0 aromatic heterocycles. The third-order valence-corrected chi connectivity index (χ3v) is 5.56. The van der Waals surface area contributed by atoms with E-state index in [2.05, 4.69) is 16.7 Å². The van der Waals surface area contributed by atoms with Crippen LogP contribution in [0.4, 0.5) is 0 Å². The van der Waals surface area contributed by atoms with Crippen LogP contribution in [0.3, 0.4) is 0 Å². The molecule has 0 bridgehead atoms. The number of carbonyl (C=O) groups is 1. The molecule has 0 aromatic rings. The Hall–Kier alpha value is -0.610. The van der Waals surface area contributed by atoms with Gasteiger partial charge in [-0.15, -0.1) is 0 Å². The molecule has 4 nitrogen and oxygen atoms in total. The Kier molecular flexibility index (Phi) is 4.04. The average molecular weight is 280 g/mol. The summed E-state index contributed by atoms with van der Waals surface area (Å²) >= 11 is 0. The number of likely N-dealkylation sites (tertiary alicyclic amines) is 2. The lowest BCUT2D eigenvalue weighted by molar-refractivity contribution is -0.153. The highest BCUT2D eigenvalue weighted by molar-refractivity contribution is 5.75. The second-order valence-electron chi connectivity index (χ2n) is 7.08. The van der Waals surface area contributed by atoms with Gasteiger partial charge >= 0.3 is 5.97 Å². The van der Waals surface area contributed by atoms with Gasteiger partial charge in [0.25, 0.3) is 0 Å². The van der Waals surface area contributed by atoms with Crippen LogP contribution in [0, 0.1) is 5.41 Å². The van der Waals surface area contributed by atoms with Crippen molar-refractivity contribution in [2.24, 2.45) is 5.41 Å². The van der Waals surface area contributed by atoms with Crippen molar-refractivity contribution < 1.29 is 9.90 Å². The third kappa shape index (κ3) is 2.73. The molecule has 114 valence electrons. The molecule has 2 unspecified atom stereocenters. The fraction of sp³-hybridized carbons (Fsp3) is 0.938. The zero-order valence-corrected chi connectivity index (χ0v) is 12.7. The summed E-state index contributed by atoms with van der Waals surface area (Å²) in [7, 11) is 0. The standard InChI is InChI=1S/C16H28N2O2/c1-2-7-16(15(19)20)8-3-9-18(12-16)14-6-10-17(11-14)13-4-5-13/h13-14H,2-12H2,1H3,(H,19,20). The normalized spacial score (nSPS) is 36.4. The van der Waals surface area contributed by atoms with Crippen LogP contribution in [0.1, 0.15) is 51.9 Å². The largest absolute Gasteiger partial charge is 0.481 e. The number of aliphatic carboxylic acids is 1. The van der Waals surface area contributed by atoms with Crippen molar-refractivity contribution in [2.75, 3.05) is 26.2 Å². The van der Waals surface area contributed by atoms with Crippen LogP contribution in [0.2, 0.25) is 0 Å². The molecule has 1 N–H and O–H groups in total. The van der Waals surface area contributed by atoms with Gasteiger partial charge in [-0.1, -0.05) is 13.3 Å². The van der Waals surface area contributed by atoms with Crippen molar-refractivity contribution in [3.63, 3.8) is 0 Å². The summed E-state index contributed by atoms with van der Waals surface area (Å²) in [5, 5.41) is 9.69. The van der Waals surface area contributed by atoms with E-state index in [-0.39, 0.29) is 0 Å². The Bertz CT molecular complexity index is 365. The maximum Gasteiger partial charge on any atom is 0.310 e. The van der Waals surface area contributed by atoms with Crippen LogP contribution in [0.5, 0.6) is 0 Å². The molecule has 2 heterocycles. The quantitative estimate of drug-likeness (QED) is 0.838. The van der Waals surface area contributed by atoms with E-state index in [0.717, 1.165) is 44.8 Å². The van der Waals surface area contributed by atoms with Crippen molar-refractivity contribution in [1.82, 2.24) is 9.80 Å². The van der Waals surface area contributed by atoms with Crippen molar-refractivity contribution in [3.8, 4) is 0 Å². The molecule has 2 saturated heterocycles. The molecule has 0 spiro atoms. The van der Waals surface area contributed by atoms with Gasteiger partial charge in [0, 0.05) is 31.7 Å². The topological polar surface area (TPSA) is 43.8 Å². The number of hydrogen-bond acceptors (Lipinski definition) is 3. The predicted molar refractivity (Wildman–Crippen MR) is 78.8 cm³/mol. The Morgan fingerprint density at radius 2 is 2.00 bits per heavy atom. The van der Waals surface area contributed by atoms with Crippen molar-refractivity contribution >= 4 is 5.97 Å². The van der Waals surface area contributed by atoms with Gasteiger partial charge in [0.1, 0.15) is 0 Å². The average Bonchev–Trinajstić information content (AvgIpc) is 3.17. The minimum atomic E-state index is -0.568. The zero-order chi connectivity index (χ0) is 14.2. The van der Waals surface area contributed by atoms with E-state index in [9.17, 15) is 9.90 Å². The van der Waals surface area contributed by atoms with E-state index in [0.29, 0.717) is 6.04 Å². The minimum Gasteiger partial charge on any atom is -0.481 e. The lowest BCUT2D eigenvalue weighted by Crippen LogP contribution is -2.52. The smallest absolute Gasteiger partial charge is 0.310 e. The third-order valence-electron chi connectivity index (χ3n) is 5.56. The van der Waals surface area contributed by atoms with E-state index in [1.165, 1.54) is 32.4 Å². The van der Waals surface area contributed by atoms with Gasteiger partial charge in [-0.2, -0.15) is 0 Å². The molecule has 20 heavy (non-hydrogen) atoms. The van der Waals surface area contributed by atoms with Crippen LogP contribution in [-0.2, 0) is 4.79 Å². The molecule has 3 aliphatic rings. The Balaban J connectivity index is 1.63. The van der Waals surface area contributed by atoms with Gasteiger partial charge in [0.05, 0.1) is 5.41 Å². The maximum absolute atomic E-state index is 11.8. The summed E-state index contributed by atoms with van der Waals surface area (Å²) in [6.45, 7) is 6.38. The molecule has 4 heteroatoms. The summed E-state index contributed by atoms with van der Waals surface area (Å²) in [6.07, 6.45) is 7.70. The number of nitrogens with zero attached hydrogens (tertiary/aromatic N) is 2. The molecule has 3 rings (SSSR count). The lowest BCUT2D eigenvalue weighted by Gasteiger charge is -2.42. The summed E-state index contributed by atoms with van der Waals surface area (Å²) in [5.74, 6) is -0.568. The van der Waals surface area contributed by atoms with E-state index in [1.54, 1.807) is 0 Å². The molecule has 0 radical (unpaired) electrons. The molecule has 1 aliphatic carbocycles. The molecule has 2 atom stereocenters. The van der Waals surface area contributed by atoms with Crippen LogP contribution >= 0.6 is 0 Å². The number of rotatable bonds is 5. The first-order chi connectivity index (χ1) is 9.64. The number of hydrogen-bond donors (Lipinski definition) is 1. The first-order valence-corrected chi connectivity index (χ1v) is 8.36. The van der Waals surface area contributed by atoms with Gasteiger partial charge in [-0.25, -0.2) is 0 Å². The Morgan fingerprint density at radius 3 is 2.65 bits per heavy atom. The fourth-order valence-corrected chi connectivity index (χ4v) is 4.28. The number of piperidine rings is 1. The van der Waals surface area contributed by atoms with Crippen molar-refractivity contribution in [2.45, 2.75) is 64.0 Å². The van der Waals surface area contributed by atoms with Crippen LogP contribution in [-0.4, -0.2) is 59.1 Å². The maximum atomic E-state index is 11.8. The van der Waals surface area contributed by atoms with Gasteiger partial charge in [-0.05, 0) is 45.1 Å². The molecule has 1 saturated carbocycles. The number of carboxylic acids is 1. The highest BCUT2D eigenvalue weighted by atomic mass is 16.4. The van der Waals surface area contributed by atoms with E-state index < -0.39 is 11.4 Å². The van der Waals surface area contributed by atoms with Crippen LogP contribution in [0.15, 0.2) is 0 Å². The van der Waals surface area contributed by atoms with Crippen LogP contribution in [0.25, 0.3) is 0 Å². The van der Waals surface area contributed by atoms with Gasteiger partial charge in [0.2, 0.25) is 0 Å². The van der Waals surface area contributed by atoms with E-state index >= 15 is 0 Å². The zero-order valence-electron chi connectivity index (χ0n) is 12.7. The molecule has 3 fully saturated rings.